The van der Waals surface area contributed by atoms with Crippen molar-refractivity contribution >= 4 is 11.9 Å². The van der Waals surface area contributed by atoms with Crippen LogP contribution in [0, 0.1) is 0 Å². The van der Waals surface area contributed by atoms with Gasteiger partial charge in [-0.3, -0.25) is 9.59 Å². The van der Waals surface area contributed by atoms with E-state index >= 15 is 0 Å². The van der Waals surface area contributed by atoms with Gasteiger partial charge in [0.25, 0.3) is 0 Å². The van der Waals surface area contributed by atoms with Crippen LogP contribution in [0.2, 0.25) is 0 Å². The van der Waals surface area contributed by atoms with Crippen LogP contribution < -0.4 is 0 Å². The van der Waals surface area contributed by atoms with E-state index in [1.807, 2.05) is 0 Å². The molecule has 5 heteroatoms. The quantitative estimate of drug-likeness (QED) is 0.0460. The van der Waals surface area contributed by atoms with Gasteiger partial charge in [0.1, 0.15) is 6.61 Å². The maximum absolute atomic E-state index is 12.6. The SMILES string of the molecule is CCCCCCCCCCCCCCCCCCCCCC(=O)OCC(COCCCCCCCC)OC(=O)CCCCCCCCCCCCC. The Morgan fingerprint density at radius 3 is 0.981 bits per heavy atom. The van der Waals surface area contributed by atoms with Crippen molar-refractivity contribution in [3.05, 3.63) is 0 Å². The molecule has 0 rings (SSSR count). The summed E-state index contributed by atoms with van der Waals surface area (Å²) in [5, 5.41) is 0. The standard InChI is InChI=1S/C47H92O5/c1-4-7-10-13-16-18-20-21-22-23-24-25-26-27-29-30-32-34-37-40-46(48)51-44-45(43-50-42-39-36-15-12-9-6-3)52-47(49)41-38-35-33-31-28-19-17-14-11-8-5-2/h45H,4-44H2,1-3H3. The number of esters is 2. The first kappa shape index (κ1) is 50.9. The van der Waals surface area contributed by atoms with E-state index in [1.165, 1.54) is 193 Å². The molecule has 0 N–H and O–H groups in total. The summed E-state index contributed by atoms with van der Waals surface area (Å²) < 4.78 is 17.2. The Balaban J connectivity index is 3.98. The molecule has 0 spiro atoms. The molecule has 0 saturated carbocycles. The molecule has 0 aliphatic rings. The molecule has 5 nitrogen and oxygen atoms in total. The van der Waals surface area contributed by atoms with E-state index in [-0.39, 0.29) is 18.5 Å². The van der Waals surface area contributed by atoms with Gasteiger partial charge in [0.2, 0.25) is 0 Å². The number of carbonyl (C=O) groups is 2. The third-order valence-electron chi connectivity index (χ3n) is 10.6. The van der Waals surface area contributed by atoms with Crippen LogP contribution in [0.25, 0.3) is 0 Å². The summed E-state index contributed by atoms with van der Waals surface area (Å²) in [5.74, 6) is -0.381. The first-order valence-electron chi connectivity index (χ1n) is 23.6. The normalized spacial score (nSPS) is 12.0. The highest BCUT2D eigenvalue weighted by Crippen LogP contribution is 2.16. The zero-order valence-electron chi connectivity index (χ0n) is 35.6. The lowest BCUT2D eigenvalue weighted by Crippen LogP contribution is -2.30. The molecule has 0 saturated heterocycles. The topological polar surface area (TPSA) is 61.8 Å². The second-order valence-electron chi connectivity index (χ2n) is 16.0. The fourth-order valence-electron chi connectivity index (χ4n) is 7.10. The summed E-state index contributed by atoms with van der Waals surface area (Å²) in [6.45, 7) is 7.84. The average molecular weight is 737 g/mol. The minimum atomic E-state index is -0.519. The van der Waals surface area contributed by atoms with Crippen molar-refractivity contribution in [2.45, 2.75) is 271 Å². The van der Waals surface area contributed by atoms with Crippen LogP contribution >= 0.6 is 0 Å². The molecule has 0 aromatic heterocycles. The number of hydrogen-bond acceptors (Lipinski definition) is 5. The molecule has 0 aliphatic carbocycles. The Hall–Kier alpha value is -1.10. The molecule has 0 aromatic rings. The van der Waals surface area contributed by atoms with Gasteiger partial charge in [0.15, 0.2) is 6.10 Å². The lowest BCUT2D eigenvalue weighted by Gasteiger charge is -2.18. The van der Waals surface area contributed by atoms with E-state index in [2.05, 4.69) is 20.8 Å². The molecule has 1 unspecified atom stereocenters. The highest BCUT2D eigenvalue weighted by Gasteiger charge is 2.17. The summed E-state index contributed by atoms with van der Waals surface area (Å²) >= 11 is 0. The van der Waals surface area contributed by atoms with E-state index in [9.17, 15) is 9.59 Å². The summed E-state index contributed by atoms with van der Waals surface area (Å²) in [4.78, 5) is 25.1. The van der Waals surface area contributed by atoms with E-state index in [0.29, 0.717) is 26.1 Å². The number of unbranched alkanes of at least 4 members (excludes halogenated alkanes) is 33. The average Bonchev–Trinajstić information content (AvgIpc) is 3.14. The molecule has 0 fully saturated rings. The Morgan fingerprint density at radius 2 is 0.635 bits per heavy atom. The number of ether oxygens (including phenoxy) is 3. The molecular weight excluding hydrogens is 645 g/mol. The molecule has 0 radical (unpaired) electrons. The van der Waals surface area contributed by atoms with Gasteiger partial charge in [0.05, 0.1) is 6.61 Å². The Bertz CT molecular complexity index is 710. The van der Waals surface area contributed by atoms with E-state index in [1.54, 1.807) is 0 Å². The first-order chi connectivity index (χ1) is 25.6. The smallest absolute Gasteiger partial charge is 0.306 e. The van der Waals surface area contributed by atoms with Crippen LogP contribution in [0.5, 0.6) is 0 Å². The van der Waals surface area contributed by atoms with Crippen LogP contribution in [-0.2, 0) is 23.8 Å². The van der Waals surface area contributed by atoms with Crippen molar-refractivity contribution in [2.75, 3.05) is 19.8 Å². The van der Waals surface area contributed by atoms with Crippen LogP contribution in [0.4, 0.5) is 0 Å². The minimum Gasteiger partial charge on any atom is -0.462 e. The first-order valence-corrected chi connectivity index (χ1v) is 23.6. The Labute approximate surface area is 325 Å². The second-order valence-corrected chi connectivity index (χ2v) is 16.0. The van der Waals surface area contributed by atoms with Gasteiger partial charge in [0, 0.05) is 19.4 Å². The van der Waals surface area contributed by atoms with Crippen LogP contribution in [0.1, 0.15) is 265 Å². The van der Waals surface area contributed by atoms with Crippen LogP contribution in [0.3, 0.4) is 0 Å². The molecule has 0 amide bonds. The number of carbonyl (C=O) groups excluding carboxylic acids is 2. The van der Waals surface area contributed by atoms with Gasteiger partial charge >= 0.3 is 11.9 Å². The largest absolute Gasteiger partial charge is 0.462 e. The van der Waals surface area contributed by atoms with Crippen molar-refractivity contribution in [3.8, 4) is 0 Å². The lowest BCUT2D eigenvalue weighted by molar-refractivity contribution is -0.163. The van der Waals surface area contributed by atoms with Crippen molar-refractivity contribution in [3.63, 3.8) is 0 Å². The molecule has 1 atom stereocenters. The Morgan fingerprint density at radius 1 is 0.346 bits per heavy atom. The molecule has 310 valence electrons. The fraction of sp³-hybridized carbons (Fsp3) is 0.957. The van der Waals surface area contributed by atoms with E-state index in [0.717, 1.165) is 38.5 Å². The summed E-state index contributed by atoms with van der Waals surface area (Å²) in [6, 6.07) is 0. The van der Waals surface area contributed by atoms with Crippen molar-refractivity contribution < 1.29 is 23.8 Å². The lowest BCUT2D eigenvalue weighted by atomic mass is 10.0. The molecule has 0 aromatic carbocycles. The van der Waals surface area contributed by atoms with Gasteiger partial charge in [-0.1, -0.05) is 233 Å². The zero-order valence-corrected chi connectivity index (χ0v) is 35.6. The molecule has 0 aliphatic heterocycles. The molecule has 0 heterocycles. The molecule has 52 heavy (non-hydrogen) atoms. The van der Waals surface area contributed by atoms with Crippen molar-refractivity contribution in [2.24, 2.45) is 0 Å². The van der Waals surface area contributed by atoms with Gasteiger partial charge in [-0.25, -0.2) is 0 Å². The summed E-state index contributed by atoms with van der Waals surface area (Å²) in [5.41, 5.74) is 0. The fourth-order valence-corrected chi connectivity index (χ4v) is 7.10. The highest BCUT2D eigenvalue weighted by molar-refractivity contribution is 5.70. The maximum Gasteiger partial charge on any atom is 0.306 e. The van der Waals surface area contributed by atoms with Crippen molar-refractivity contribution in [1.82, 2.24) is 0 Å². The third-order valence-corrected chi connectivity index (χ3v) is 10.6. The van der Waals surface area contributed by atoms with Gasteiger partial charge in [-0.15, -0.1) is 0 Å². The predicted molar refractivity (Wildman–Crippen MR) is 224 cm³/mol. The summed E-state index contributed by atoms with van der Waals surface area (Å²) in [6.07, 6.45) is 46.9. The van der Waals surface area contributed by atoms with Crippen molar-refractivity contribution in [1.29, 1.82) is 0 Å². The molecule has 0 bridgehead atoms. The number of rotatable bonds is 44. The van der Waals surface area contributed by atoms with Crippen LogP contribution in [0.15, 0.2) is 0 Å². The minimum absolute atomic E-state index is 0.0957. The zero-order chi connectivity index (χ0) is 37.8. The monoisotopic (exact) mass is 737 g/mol. The van der Waals surface area contributed by atoms with Gasteiger partial charge < -0.3 is 14.2 Å². The van der Waals surface area contributed by atoms with Gasteiger partial charge in [-0.2, -0.15) is 0 Å². The van der Waals surface area contributed by atoms with Gasteiger partial charge in [-0.05, 0) is 19.3 Å². The molecular formula is C47H92O5. The second kappa shape index (κ2) is 44.3. The highest BCUT2D eigenvalue weighted by atomic mass is 16.6. The Kier molecular flexibility index (Phi) is 43.4. The van der Waals surface area contributed by atoms with Crippen LogP contribution in [-0.4, -0.2) is 37.9 Å². The van der Waals surface area contributed by atoms with E-state index < -0.39 is 6.10 Å². The summed E-state index contributed by atoms with van der Waals surface area (Å²) in [7, 11) is 0. The maximum atomic E-state index is 12.6. The number of hydrogen-bond donors (Lipinski definition) is 0. The third kappa shape index (κ3) is 41.7. The predicted octanol–water partition coefficient (Wildman–Crippen LogP) is 15.3. The van der Waals surface area contributed by atoms with E-state index in [4.69, 9.17) is 14.2 Å².